The van der Waals surface area contributed by atoms with E-state index in [0.717, 1.165) is 25.7 Å². The Labute approximate surface area is 103 Å². The minimum atomic E-state index is -0.678. The molecule has 0 heterocycles. The van der Waals surface area contributed by atoms with Gasteiger partial charge >= 0.3 is 0 Å². The first-order valence-electron chi connectivity index (χ1n) is 6.15. The molecule has 1 rings (SSSR count). The Hall–Kier alpha value is -1.05. The fourth-order valence-electron chi connectivity index (χ4n) is 2.21. The number of carbonyl (C=O) groups is 1. The number of hydrogen-bond donors (Lipinski definition) is 3. The van der Waals surface area contributed by atoms with Crippen molar-refractivity contribution in [3.63, 3.8) is 0 Å². The summed E-state index contributed by atoms with van der Waals surface area (Å²) < 4.78 is 0. The normalized spacial score (nSPS) is 30.4. The highest BCUT2D eigenvalue weighted by atomic mass is 16.3. The van der Waals surface area contributed by atoms with Crippen LogP contribution in [0.5, 0.6) is 0 Å². The van der Waals surface area contributed by atoms with Crippen LogP contribution in [0.25, 0.3) is 0 Å². The van der Waals surface area contributed by atoms with E-state index in [1.54, 1.807) is 0 Å². The summed E-state index contributed by atoms with van der Waals surface area (Å²) in [6.45, 7) is 2.15. The van der Waals surface area contributed by atoms with Crippen LogP contribution in [0.15, 0.2) is 0 Å². The third kappa shape index (κ3) is 3.72. The second-order valence-electron chi connectivity index (χ2n) is 5.12. The molecule has 1 amide bonds. The van der Waals surface area contributed by atoms with Crippen LogP contribution in [0.1, 0.15) is 39.0 Å². The van der Waals surface area contributed by atoms with E-state index in [-0.39, 0.29) is 18.9 Å². The molecule has 1 aliphatic carbocycles. The van der Waals surface area contributed by atoms with Gasteiger partial charge in [-0.15, -0.1) is 12.3 Å². The molecule has 0 aliphatic heterocycles. The number of carbonyl (C=O) groups excluding carboxylic acids is 1. The van der Waals surface area contributed by atoms with Crippen LogP contribution in [0.4, 0.5) is 0 Å². The summed E-state index contributed by atoms with van der Waals surface area (Å²) in [5, 5.41) is 12.4. The van der Waals surface area contributed by atoms with Gasteiger partial charge in [0.25, 0.3) is 0 Å². The lowest BCUT2D eigenvalue weighted by Crippen LogP contribution is -2.57. The van der Waals surface area contributed by atoms with E-state index < -0.39 is 11.6 Å². The van der Waals surface area contributed by atoms with Gasteiger partial charge in [0.05, 0.1) is 18.2 Å². The minimum Gasteiger partial charge on any atom is -0.394 e. The number of rotatable bonds is 4. The third-order valence-electron chi connectivity index (χ3n) is 3.60. The van der Waals surface area contributed by atoms with Crippen molar-refractivity contribution in [2.45, 2.75) is 50.6 Å². The number of amides is 1. The highest BCUT2D eigenvalue weighted by Gasteiger charge is 2.35. The predicted molar refractivity (Wildman–Crippen MR) is 67.0 cm³/mol. The number of nitrogens with two attached hydrogens (primary N) is 1. The lowest BCUT2D eigenvalue weighted by Gasteiger charge is -2.39. The first-order valence-corrected chi connectivity index (χ1v) is 6.15. The first-order chi connectivity index (χ1) is 8.03. The van der Waals surface area contributed by atoms with Gasteiger partial charge in [0, 0.05) is 6.42 Å². The van der Waals surface area contributed by atoms with E-state index in [9.17, 15) is 9.90 Å². The van der Waals surface area contributed by atoms with Crippen molar-refractivity contribution in [2.75, 3.05) is 6.61 Å². The van der Waals surface area contributed by atoms with Gasteiger partial charge < -0.3 is 16.2 Å². The van der Waals surface area contributed by atoms with E-state index in [0.29, 0.717) is 5.92 Å². The fourth-order valence-corrected chi connectivity index (χ4v) is 2.21. The molecule has 4 heteroatoms. The number of hydrogen-bond acceptors (Lipinski definition) is 3. The Morgan fingerprint density at radius 2 is 2.24 bits per heavy atom. The Balaban J connectivity index is 2.57. The molecule has 17 heavy (non-hydrogen) atoms. The van der Waals surface area contributed by atoms with E-state index in [1.165, 1.54) is 0 Å². The second-order valence-corrected chi connectivity index (χ2v) is 5.12. The molecule has 0 bridgehead atoms. The molecule has 1 atom stereocenters. The maximum absolute atomic E-state index is 11.8. The summed E-state index contributed by atoms with van der Waals surface area (Å²) in [7, 11) is 0. The van der Waals surface area contributed by atoms with Crippen LogP contribution in [0.3, 0.4) is 0 Å². The lowest BCUT2D eigenvalue weighted by molar-refractivity contribution is -0.125. The summed E-state index contributed by atoms with van der Waals surface area (Å²) in [5.74, 6) is 2.78. The fraction of sp³-hybridized carbons (Fsp3) is 0.769. The standard InChI is InChI=1S/C13H22N2O2/c1-3-4-11(14)12(17)15-13(9-16)7-5-10(2)6-8-13/h1,10-11,16H,4-9,14H2,2H3,(H,15,17). The molecule has 1 saturated carbocycles. The zero-order valence-corrected chi connectivity index (χ0v) is 10.4. The van der Waals surface area contributed by atoms with Gasteiger partial charge in [0.2, 0.25) is 5.91 Å². The van der Waals surface area contributed by atoms with Crippen molar-refractivity contribution in [2.24, 2.45) is 11.7 Å². The molecule has 0 radical (unpaired) electrons. The quantitative estimate of drug-likeness (QED) is 0.620. The van der Waals surface area contributed by atoms with Crippen LogP contribution in [0, 0.1) is 18.3 Å². The maximum atomic E-state index is 11.8. The van der Waals surface area contributed by atoms with Gasteiger partial charge in [0.15, 0.2) is 0 Å². The smallest absolute Gasteiger partial charge is 0.238 e. The molecule has 1 unspecified atom stereocenters. The molecule has 0 aromatic carbocycles. The summed E-state index contributed by atoms with van der Waals surface area (Å²) in [6, 6.07) is -0.678. The van der Waals surface area contributed by atoms with Gasteiger partial charge in [-0.2, -0.15) is 0 Å². The van der Waals surface area contributed by atoms with Crippen LogP contribution >= 0.6 is 0 Å². The largest absolute Gasteiger partial charge is 0.394 e. The van der Waals surface area contributed by atoms with Crippen LogP contribution in [-0.2, 0) is 4.79 Å². The molecular weight excluding hydrogens is 216 g/mol. The summed E-state index contributed by atoms with van der Waals surface area (Å²) in [5.41, 5.74) is 5.16. The van der Waals surface area contributed by atoms with Gasteiger partial charge in [-0.1, -0.05) is 6.92 Å². The Morgan fingerprint density at radius 1 is 1.65 bits per heavy atom. The van der Waals surface area contributed by atoms with E-state index in [2.05, 4.69) is 18.2 Å². The molecule has 1 aliphatic rings. The van der Waals surface area contributed by atoms with Crippen LogP contribution in [-0.4, -0.2) is 29.2 Å². The Morgan fingerprint density at radius 3 is 2.71 bits per heavy atom. The number of aliphatic hydroxyl groups is 1. The van der Waals surface area contributed by atoms with Crippen LogP contribution in [0.2, 0.25) is 0 Å². The average Bonchev–Trinajstić information content (AvgIpc) is 2.33. The highest BCUT2D eigenvalue weighted by molar-refractivity contribution is 5.82. The molecule has 1 fully saturated rings. The van der Waals surface area contributed by atoms with E-state index >= 15 is 0 Å². The van der Waals surface area contributed by atoms with Gasteiger partial charge in [0.1, 0.15) is 0 Å². The first kappa shape index (κ1) is 14.0. The topological polar surface area (TPSA) is 75.4 Å². The van der Waals surface area contributed by atoms with Crippen molar-refractivity contribution in [3.8, 4) is 12.3 Å². The third-order valence-corrected chi connectivity index (χ3v) is 3.60. The van der Waals surface area contributed by atoms with Crippen LogP contribution < -0.4 is 11.1 Å². The molecule has 4 nitrogen and oxygen atoms in total. The SMILES string of the molecule is C#CCC(N)C(=O)NC1(CO)CCC(C)CC1. The number of terminal acetylenes is 1. The Bertz CT molecular complexity index is 301. The number of aliphatic hydroxyl groups excluding tert-OH is 1. The molecule has 0 saturated heterocycles. The second kappa shape index (κ2) is 6.04. The van der Waals surface area contributed by atoms with E-state index in [4.69, 9.17) is 12.2 Å². The van der Waals surface area contributed by atoms with Crippen molar-refractivity contribution in [3.05, 3.63) is 0 Å². The molecular formula is C13H22N2O2. The lowest BCUT2D eigenvalue weighted by atomic mass is 9.77. The molecule has 96 valence electrons. The number of nitrogens with one attached hydrogen (secondary N) is 1. The maximum Gasteiger partial charge on any atom is 0.238 e. The van der Waals surface area contributed by atoms with Crippen molar-refractivity contribution >= 4 is 5.91 Å². The zero-order chi connectivity index (χ0) is 12.9. The average molecular weight is 238 g/mol. The Kier molecular flexibility index (Phi) is 4.98. The predicted octanol–water partition coefficient (Wildman–Crippen LogP) is 0.394. The highest BCUT2D eigenvalue weighted by Crippen LogP contribution is 2.31. The summed E-state index contributed by atoms with van der Waals surface area (Å²) in [6.07, 6.45) is 9.00. The molecule has 0 spiro atoms. The monoisotopic (exact) mass is 238 g/mol. The van der Waals surface area contributed by atoms with Gasteiger partial charge in [-0.25, -0.2) is 0 Å². The molecule has 0 aromatic heterocycles. The van der Waals surface area contributed by atoms with Gasteiger partial charge in [-0.3, -0.25) is 4.79 Å². The van der Waals surface area contributed by atoms with Crippen molar-refractivity contribution in [1.29, 1.82) is 0 Å². The molecule has 0 aromatic rings. The van der Waals surface area contributed by atoms with Crippen molar-refractivity contribution in [1.82, 2.24) is 5.32 Å². The van der Waals surface area contributed by atoms with E-state index in [1.807, 2.05) is 0 Å². The summed E-state index contributed by atoms with van der Waals surface area (Å²) >= 11 is 0. The summed E-state index contributed by atoms with van der Waals surface area (Å²) in [4.78, 5) is 11.8. The zero-order valence-electron chi connectivity index (χ0n) is 10.4. The van der Waals surface area contributed by atoms with Gasteiger partial charge in [-0.05, 0) is 31.6 Å². The minimum absolute atomic E-state index is 0.0335. The van der Waals surface area contributed by atoms with Crippen molar-refractivity contribution < 1.29 is 9.90 Å². The molecule has 4 N–H and O–H groups in total.